The Morgan fingerprint density at radius 1 is 1.40 bits per heavy atom. The Morgan fingerprint density at radius 2 is 2.00 bits per heavy atom. The second-order valence-electron chi connectivity index (χ2n) is 5.06. The summed E-state index contributed by atoms with van der Waals surface area (Å²) in [6, 6.07) is 0.145. The van der Waals surface area contributed by atoms with E-state index >= 15 is 0 Å². The first-order valence-electron chi connectivity index (χ1n) is 7.22. The van der Waals surface area contributed by atoms with E-state index in [2.05, 4.69) is 24.1 Å². The average Bonchev–Trinajstić information content (AvgIpc) is 2.81. The fourth-order valence-corrected chi connectivity index (χ4v) is 3.08. The van der Waals surface area contributed by atoms with Gasteiger partial charge < -0.3 is 16.0 Å². The second-order valence-corrected chi connectivity index (χ2v) is 6.04. The molecule has 0 saturated heterocycles. The second kappa shape index (κ2) is 7.47. The molecule has 0 bridgehead atoms. The molecule has 0 spiro atoms. The van der Waals surface area contributed by atoms with E-state index in [0.717, 1.165) is 24.5 Å². The molecule has 1 rings (SSSR count). The van der Waals surface area contributed by atoms with Crippen LogP contribution in [0.15, 0.2) is 0 Å². The summed E-state index contributed by atoms with van der Waals surface area (Å²) in [6.07, 6.45) is 2.11. The standard InChI is InChI=1S/C14H26N4OS/c1-6-10(7-2)9(4)16-13(19)11-12(15)17-14(20-11)18(5)8-3/h9-10H,6-8,15H2,1-5H3,(H,16,19). The van der Waals surface area contributed by atoms with Crippen molar-refractivity contribution in [3.63, 3.8) is 0 Å². The Bertz CT molecular complexity index is 442. The van der Waals surface area contributed by atoms with Gasteiger partial charge in [0, 0.05) is 19.6 Å². The number of amides is 1. The van der Waals surface area contributed by atoms with Crippen LogP contribution >= 0.6 is 11.3 Å². The number of rotatable bonds is 7. The SMILES string of the molecule is CCC(CC)C(C)NC(=O)c1sc(N(C)CC)nc1N. The topological polar surface area (TPSA) is 71.2 Å². The molecule has 0 saturated carbocycles. The Balaban J connectivity index is 2.80. The van der Waals surface area contributed by atoms with E-state index in [1.807, 2.05) is 25.8 Å². The summed E-state index contributed by atoms with van der Waals surface area (Å²) in [6.45, 7) is 9.20. The molecule has 5 nitrogen and oxygen atoms in total. The lowest BCUT2D eigenvalue weighted by Gasteiger charge is -2.22. The first-order chi connectivity index (χ1) is 9.44. The summed E-state index contributed by atoms with van der Waals surface area (Å²) >= 11 is 1.35. The van der Waals surface area contributed by atoms with Crippen LogP contribution in [0.5, 0.6) is 0 Å². The molecule has 114 valence electrons. The van der Waals surface area contributed by atoms with E-state index in [-0.39, 0.29) is 11.9 Å². The van der Waals surface area contributed by atoms with Gasteiger partial charge in [0.15, 0.2) is 5.13 Å². The molecule has 20 heavy (non-hydrogen) atoms. The van der Waals surface area contributed by atoms with Gasteiger partial charge in [0.25, 0.3) is 5.91 Å². The smallest absolute Gasteiger partial charge is 0.265 e. The first kappa shape index (κ1) is 16.8. The molecule has 1 heterocycles. The molecular formula is C14H26N4OS. The van der Waals surface area contributed by atoms with Crippen molar-refractivity contribution >= 4 is 28.2 Å². The number of thiazole rings is 1. The van der Waals surface area contributed by atoms with Gasteiger partial charge in [-0.2, -0.15) is 0 Å². The first-order valence-corrected chi connectivity index (χ1v) is 8.04. The van der Waals surface area contributed by atoms with Gasteiger partial charge in [0.1, 0.15) is 10.7 Å². The molecule has 1 amide bonds. The molecule has 0 radical (unpaired) electrons. The van der Waals surface area contributed by atoms with Crippen molar-refractivity contribution in [2.24, 2.45) is 5.92 Å². The minimum absolute atomic E-state index is 0.116. The van der Waals surface area contributed by atoms with Gasteiger partial charge in [-0.25, -0.2) is 4.98 Å². The maximum absolute atomic E-state index is 12.3. The van der Waals surface area contributed by atoms with E-state index in [1.165, 1.54) is 11.3 Å². The highest BCUT2D eigenvalue weighted by Gasteiger charge is 2.21. The van der Waals surface area contributed by atoms with Crippen molar-refractivity contribution < 1.29 is 4.79 Å². The summed E-state index contributed by atoms with van der Waals surface area (Å²) in [7, 11) is 1.94. The fourth-order valence-electron chi connectivity index (χ4n) is 2.17. The number of nitrogens with zero attached hydrogens (tertiary/aromatic N) is 2. The minimum atomic E-state index is -0.116. The number of anilines is 2. The molecule has 1 unspecified atom stereocenters. The van der Waals surface area contributed by atoms with Gasteiger partial charge in [-0.1, -0.05) is 38.0 Å². The van der Waals surface area contributed by atoms with E-state index in [0.29, 0.717) is 16.6 Å². The number of aromatic nitrogens is 1. The van der Waals surface area contributed by atoms with Crippen molar-refractivity contribution in [1.82, 2.24) is 10.3 Å². The van der Waals surface area contributed by atoms with Crippen molar-refractivity contribution in [3.05, 3.63) is 4.88 Å². The number of nitrogens with two attached hydrogens (primary N) is 1. The third-order valence-corrected chi connectivity index (χ3v) is 4.95. The van der Waals surface area contributed by atoms with Crippen LogP contribution in [0.3, 0.4) is 0 Å². The van der Waals surface area contributed by atoms with Crippen LogP contribution in [-0.2, 0) is 0 Å². The summed E-state index contributed by atoms with van der Waals surface area (Å²) in [5, 5.41) is 3.82. The Morgan fingerprint density at radius 3 is 2.50 bits per heavy atom. The molecule has 0 aromatic carbocycles. The van der Waals surface area contributed by atoms with Crippen molar-refractivity contribution in [1.29, 1.82) is 0 Å². The maximum atomic E-state index is 12.3. The van der Waals surface area contributed by atoms with Crippen molar-refractivity contribution in [2.75, 3.05) is 24.2 Å². The van der Waals surface area contributed by atoms with Crippen molar-refractivity contribution in [3.8, 4) is 0 Å². The Labute approximate surface area is 125 Å². The van der Waals surface area contributed by atoms with E-state index in [9.17, 15) is 4.79 Å². The molecule has 0 aliphatic heterocycles. The number of hydrogen-bond donors (Lipinski definition) is 2. The average molecular weight is 298 g/mol. The lowest BCUT2D eigenvalue weighted by Crippen LogP contribution is -2.37. The van der Waals surface area contributed by atoms with Crippen LogP contribution in [0.25, 0.3) is 0 Å². The van der Waals surface area contributed by atoms with Crippen LogP contribution in [0, 0.1) is 5.92 Å². The molecule has 1 aromatic heterocycles. The number of nitrogen functional groups attached to an aromatic ring is 1. The number of carbonyl (C=O) groups excluding carboxylic acids is 1. The Kier molecular flexibility index (Phi) is 6.26. The normalized spacial score (nSPS) is 12.5. The summed E-state index contributed by atoms with van der Waals surface area (Å²) in [5.41, 5.74) is 5.86. The number of carbonyl (C=O) groups is 1. The fraction of sp³-hybridized carbons (Fsp3) is 0.714. The van der Waals surface area contributed by atoms with E-state index in [1.54, 1.807) is 0 Å². The molecule has 1 atom stereocenters. The van der Waals surface area contributed by atoms with E-state index < -0.39 is 0 Å². The zero-order chi connectivity index (χ0) is 15.3. The lowest BCUT2D eigenvalue weighted by molar-refractivity contribution is 0.0930. The molecule has 0 aliphatic carbocycles. The zero-order valence-corrected chi connectivity index (χ0v) is 13.9. The number of nitrogens with one attached hydrogen (secondary N) is 1. The van der Waals surface area contributed by atoms with Crippen LogP contribution < -0.4 is 16.0 Å². The van der Waals surface area contributed by atoms with Crippen LogP contribution in [0.4, 0.5) is 10.9 Å². The van der Waals surface area contributed by atoms with Crippen LogP contribution in [-0.4, -0.2) is 30.5 Å². The summed E-state index contributed by atoms with van der Waals surface area (Å²) < 4.78 is 0. The highest BCUT2D eigenvalue weighted by molar-refractivity contribution is 7.18. The van der Waals surface area contributed by atoms with Gasteiger partial charge in [0.05, 0.1) is 0 Å². The minimum Gasteiger partial charge on any atom is -0.382 e. The number of hydrogen-bond acceptors (Lipinski definition) is 5. The van der Waals surface area contributed by atoms with Gasteiger partial charge in [-0.15, -0.1) is 0 Å². The zero-order valence-electron chi connectivity index (χ0n) is 13.1. The van der Waals surface area contributed by atoms with Gasteiger partial charge in [-0.05, 0) is 19.8 Å². The molecule has 6 heteroatoms. The third-order valence-electron chi connectivity index (χ3n) is 3.76. The highest BCUT2D eigenvalue weighted by atomic mass is 32.1. The van der Waals surface area contributed by atoms with E-state index in [4.69, 9.17) is 5.73 Å². The van der Waals surface area contributed by atoms with Crippen LogP contribution in [0.1, 0.15) is 50.2 Å². The monoisotopic (exact) mass is 298 g/mol. The van der Waals surface area contributed by atoms with Gasteiger partial charge in [0.2, 0.25) is 0 Å². The predicted octanol–water partition coefficient (Wildman–Crippen LogP) is 2.74. The molecule has 0 aliphatic rings. The predicted molar refractivity (Wildman–Crippen MR) is 86.5 cm³/mol. The lowest BCUT2D eigenvalue weighted by atomic mass is 9.95. The molecular weight excluding hydrogens is 272 g/mol. The Hall–Kier alpha value is -1.30. The van der Waals surface area contributed by atoms with Gasteiger partial charge >= 0.3 is 0 Å². The summed E-state index contributed by atoms with van der Waals surface area (Å²) in [4.78, 5) is 19.0. The molecule has 0 fully saturated rings. The quantitative estimate of drug-likeness (QED) is 0.812. The third kappa shape index (κ3) is 3.85. The highest BCUT2D eigenvalue weighted by Crippen LogP contribution is 2.27. The largest absolute Gasteiger partial charge is 0.382 e. The van der Waals surface area contributed by atoms with Gasteiger partial charge in [-0.3, -0.25) is 4.79 Å². The molecule has 3 N–H and O–H groups in total. The van der Waals surface area contributed by atoms with Crippen LogP contribution in [0.2, 0.25) is 0 Å². The maximum Gasteiger partial charge on any atom is 0.265 e. The summed E-state index contributed by atoms with van der Waals surface area (Å²) in [5.74, 6) is 0.695. The molecule has 1 aromatic rings. The van der Waals surface area contributed by atoms with Crippen molar-refractivity contribution in [2.45, 2.75) is 46.6 Å².